The van der Waals surface area contributed by atoms with Gasteiger partial charge in [0.1, 0.15) is 5.75 Å². The second kappa shape index (κ2) is 9.16. The van der Waals surface area contributed by atoms with Crippen molar-refractivity contribution in [2.75, 3.05) is 6.61 Å². The molecule has 0 saturated heterocycles. The fourth-order valence-corrected chi connectivity index (χ4v) is 3.21. The van der Waals surface area contributed by atoms with Gasteiger partial charge in [-0.1, -0.05) is 31.4 Å². The van der Waals surface area contributed by atoms with Crippen LogP contribution in [-0.4, -0.2) is 29.7 Å². The number of ether oxygens (including phenoxy) is 2. The Morgan fingerprint density at radius 3 is 2.70 bits per heavy atom. The van der Waals surface area contributed by atoms with Crippen molar-refractivity contribution in [1.82, 2.24) is 10.3 Å². The number of pyridine rings is 1. The summed E-state index contributed by atoms with van der Waals surface area (Å²) in [5.41, 5.74) is 1.94. The Bertz CT molecular complexity index is 800. The van der Waals surface area contributed by atoms with Crippen molar-refractivity contribution in [3.8, 4) is 16.9 Å². The van der Waals surface area contributed by atoms with E-state index >= 15 is 0 Å². The molecule has 1 aliphatic carbocycles. The van der Waals surface area contributed by atoms with Gasteiger partial charge in [0.2, 0.25) is 0 Å². The molecule has 6 nitrogen and oxygen atoms in total. The Morgan fingerprint density at radius 1 is 1.11 bits per heavy atom. The van der Waals surface area contributed by atoms with Crippen LogP contribution >= 0.6 is 0 Å². The van der Waals surface area contributed by atoms with Crippen LogP contribution in [0.4, 0.5) is 4.79 Å². The Hall–Kier alpha value is -2.89. The van der Waals surface area contributed by atoms with E-state index in [1.165, 1.54) is 12.6 Å². The van der Waals surface area contributed by atoms with Crippen LogP contribution in [0.5, 0.6) is 5.75 Å². The summed E-state index contributed by atoms with van der Waals surface area (Å²) in [4.78, 5) is 28.1. The van der Waals surface area contributed by atoms with E-state index in [1.807, 2.05) is 6.07 Å². The molecule has 1 heterocycles. The molecule has 2 aromatic rings. The number of esters is 1. The van der Waals surface area contributed by atoms with Gasteiger partial charge in [0, 0.05) is 24.0 Å². The summed E-state index contributed by atoms with van der Waals surface area (Å²) in [6, 6.07) is 9.07. The number of hydrogen-bond acceptors (Lipinski definition) is 5. The van der Waals surface area contributed by atoms with Crippen molar-refractivity contribution in [2.45, 2.75) is 45.1 Å². The molecule has 0 atom stereocenters. The summed E-state index contributed by atoms with van der Waals surface area (Å²) in [5, 5.41) is 2.93. The molecule has 1 amide bonds. The lowest BCUT2D eigenvalue weighted by Crippen LogP contribution is -2.37. The van der Waals surface area contributed by atoms with Crippen LogP contribution in [0.25, 0.3) is 11.1 Å². The van der Waals surface area contributed by atoms with Crippen LogP contribution in [-0.2, 0) is 4.74 Å². The van der Waals surface area contributed by atoms with Gasteiger partial charge >= 0.3 is 12.1 Å². The van der Waals surface area contributed by atoms with E-state index in [4.69, 9.17) is 9.47 Å². The summed E-state index contributed by atoms with van der Waals surface area (Å²) in [5.74, 6) is 0.0356. The van der Waals surface area contributed by atoms with Crippen molar-refractivity contribution in [2.24, 2.45) is 0 Å². The lowest BCUT2D eigenvalue weighted by molar-refractivity contribution is 0.0526. The van der Waals surface area contributed by atoms with E-state index in [9.17, 15) is 9.59 Å². The van der Waals surface area contributed by atoms with Crippen molar-refractivity contribution in [1.29, 1.82) is 0 Å². The highest BCUT2D eigenvalue weighted by molar-refractivity contribution is 5.90. The maximum atomic E-state index is 12.1. The fraction of sp³-hybridized carbons (Fsp3) is 0.381. The summed E-state index contributed by atoms with van der Waals surface area (Å²) < 4.78 is 10.4. The van der Waals surface area contributed by atoms with Crippen molar-refractivity contribution < 1.29 is 19.1 Å². The van der Waals surface area contributed by atoms with Gasteiger partial charge in [0.05, 0.1) is 12.2 Å². The molecule has 0 spiro atoms. The maximum absolute atomic E-state index is 12.1. The number of benzene rings is 1. The average molecular weight is 368 g/mol. The molecule has 142 valence electrons. The average Bonchev–Trinajstić information content (AvgIpc) is 2.69. The normalized spacial score (nSPS) is 14.4. The molecule has 1 aromatic carbocycles. The van der Waals surface area contributed by atoms with Gasteiger partial charge < -0.3 is 14.8 Å². The largest absolute Gasteiger partial charge is 0.462 e. The zero-order valence-corrected chi connectivity index (χ0v) is 15.4. The summed E-state index contributed by atoms with van der Waals surface area (Å²) >= 11 is 0. The number of carbonyl (C=O) groups excluding carboxylic acids is 2. The Morgan fingerprint density at radius 2 is 1.93 bits per heavy atom. The molecule has 0 bridgehead atoms. The number of amides is 1. The van der Waals surface area contributed by atoms with E-state index in [1.54, 1.807) is 37.4 Å². The number of nitrogens with zero attached hydrogens (tertiary/aromatic N) is 1. The fourth-order valence-electron chi connectivity index (χ4n) is 3.21. The minimum Gasteiger partial charge on any atom is -0.462 e. The molecule has 1 aliphatic rings. The Labute approximate surface area is 158 Å². The molecule has 0 unspecified atom stereocenters. The van der Waals surface area contributed by atoms with E-state index in [0.29, 0.717) is 17.9 Å². The van der Waals surface area contributed by atoms with Crippen LogP contribution in [0.1, 0.15) is 49.4 Å². The number of rotatable bonds is 5. The van der Waals surface area contributed by atoms with Crippen LogP contribution in [0.2, 0.25) is 0 Å². The highest BCUT2D eigenvalue weighted by atomic mass is 16.6. The van der Waals surface area contributed by atoms with Crippen LogP contribution in [0.3, 0.4) is 0 Å². The lowest BCUT2D eigenvalue weighted by Gasteiger charge is -2.22. The second-order valence-electron chi connectivity index (χ2n) is 6.58. The lowest BCUT2D eigenvalue weighted by atomic mass is 9.96. The van der Waals surface area contributed by atoms with Crippen LogP contribution in [0.15, 0.2) is 42.7 Å². The highest BCUT2D eigenvalue weighted by Crippen LogP contribution is 2.25. The minimum atomic E-state index is -0.433. The van der Waals surface area contributed by atoms with Gasteiger partial charge in [-0.3, -0.25) is 4.98 Å². The molecular weight excluding hydrogens is 344 g/mol. The van der Waals surface area contributed by atoms with Crippen LogP contribution < -0.4 is 10.1 Å². The topological polar surface area (TPSA) is 77.5 Å². The highest BCUT2D eigenvalue weighted by Gasteiger charge is 2.17. The Balaban J connectivity index is 1.69. The van der Waals surface area contributed by atoms with E-state index in [-0.39, 0.29) is 6.04 Å². The summed E-state index contributed by atoms with van der Waals surface area (Å²) in [7, 11) is 0. The minimum absolute atomic E-state index is 0.194. The van der Waals surface area contributed by atoms with Crippen LogP contribution in [0, 0.1) is 0 Å². The molecule has 6 heteroatoms. The SMILES string of the molecule is CCOC(=O)c1cncc(-c2cccc(OC(=O)NC3CCCCC3)c2)c1. The molecular formula is C21H24N2O4. The number of hydrogen-bond donors (Lipinski definition) is 1. The third kappa shape index (κ3) is 5.29. The molecule has 0 radical (unpaired) electrons. The molecule has 3 rings (SSSR count). The quantitative estimate of drug-likeness (QED) is 0.794. The van der Waals surface area contributed by atoms with Gasteiger partial charge in [0.25, 0.3) is 0 Å². The predicted octanol–water partition coefficient (Wildman–Crippen LogP) is 4.35. The summed E-state index contributed by atoms with van der Waals surface area (Å²) in [6.45, 7) is 2.07. The standard InChI is InChI=1S/C21H24N2O4/c1-2-26-20(24)17-11-16(13-22-14-17)15-7-6-10-19(12-15)27-21(25)23-18-8-4-3-5-9-18/h6-7,10-14,18H,2-5,8-9H2,1H3,(H,23,25). The first-order valence-electron chi connectivity index (χ1n) is 9.36. The molecule has 0 aliphatic heterocycles. The van der Waals surface area contributed by atoms with Crippen molar-refractivity contribution >= 4 is 12.1 Å². The zero-order chi connectivity index (χ0) is 19.1. The monoisotopic (exact) mass is 368 g/mol. The number of aromatic nitrogens is 1. The molecule has 1 aromatic heterocycles. The number of nitrogens with one attached hydrogen (secondary N) is 1. The van der Waals surface area contributed by atoms with Gasteiger partial charge in [-0.25, -0.2) is 9.59 Å². The third-order valence-corrected chi connectivity index (χ3v) is 4.55. The third-order valence-electron chi connectivity index (χ3n) is 4.55. The first-order valence-corrected chi connectivity index (χ1v) is 9.36. The van der Waals surface area contributed by atoms with Crippen molar-refractivity contribution in [3.05, 3.63) is 48.3 Å². The van der Waals surface area contributed by atoms with Gasteiger partial charge in [0.15, 0.2) is 0 Å². The first-order chi connectivity index (χ1) is 13.2. The first kappa shape index (κ1) is 18.9. The van der Waals surface area contributed by atoms with E-state index in [2.05, 4.69) is 10.3 Å². The molecule has 1 saturated carbocycles. The molecule has 27 heavy (non-hydrogen) atoms. The Kier molecular flexibility index (Phi) is 6.41. The van der Waals surface area contributed by atoms with Gasteiger partial charge in [-0.2, -0.15) is 0 Å². The number of carbonyl (C=O) groups is 2. The van der Waals surface area contributed by atoms with Gasteiger partial charge in [-0.15, -0.1) is 0 Å². The second-order valence-corrected chi connectivity index (χ2v) is 6.58. The smallest absolute Gasteiger partial charge is 0.412 e. The molecule has 1 fully saturated rings. The predicted molar refractivity (Wildman–Crippen MR) is 102 cm³/mol. The van der Waals surface area contributed by atoms with E-state index < -0.39 is 12.1 Å². The zero-order valence-electron chi connectivity index (χ0n) is 15.4. The van der Waals surface area contributed by atoms with Crippen molar-refractivity contribution in [3.63, 3.8) is 0 Å². The maximum Gasteiger partial charge on any atom is 0.412 e. The molecule has 1 N–H and O–H groups in total. The van der Waals surface area contributed by atoms with Gasteiger partial charge in [-0.05, 0) is 43.5 Å². The van der Waals surface area contributed by atoms with E-state index in [0.717, 1.165) is 36.8 Å². The summed E-state index contributed by atoms with van der Waals surface area (Å²) in [6.07, 6.45) is 8.21.